The Morgan fingerprint density at radius 1 is 1.00 bits per heavy atom. The third kappa shape index (κ3) is 3.92. The van der Waals surface area contributed by atoms with Crippen molar-refractivity contribution in [1.82, 2.24) is 0 Å². The molecule has 2 saturated carbocycles. The van der Waals surface area contributed by atoms with Gasteiger partial charge in [0.2, 0.25) is 0 Å². The minimum Gasteiger partial charge on any atom is -0.216 e. The van der Waals surface area contributed by atoms with E-state index in [9.17, 15) is 4.39 Å². The molecule has 0 radical (unpaired) electrons. The zero-order valence-electron chi connectivity index (χ0n) is 16.4. The lowest BCUT2D eigenvalue weighted by Crippen LogP contribution is -2.30. The quantitative estimate of drug-likeness (QED) is 0.529. The van der Waals surface area contributed by atoms with Crippen LogP contribution in [0.4, 0.5) is 4.39 Å². The van der Waals surface area contributed by atoms with E-state index < -0.39 is 0 Å². The summed E-state index contributed by atoms with van der Waals surface area (Å²) >= 11 is 0. The highest BCUT2D eigenvalue weighted by molar-refractivity contribution is 5.36. The van der Waals surface area contributed by atoms with Gasteiger partial charge in [-0.1, -0.05) is 44.0 Å². The van der Waals surface area contributed by atoms with Crippen LogP contribution in [0.5, 0.6) is 0 Å². The van der Waals surface area contributed by atoms with Gasteiger partial charge in [0.15, 0.2) is 0 Å². The molecule has 0 spiro atoms. The van der Waals surface area contributed by atoms with E-state index in [1.807, 2.05) is 0 Å². The van der Waals surface area contributed by atoms with Crippen LogP contribution in [0.15, 0.2) is 30.6 Å². The maximum Gasteiger partial charge on any atom is 0.0829 e. The van der Waals surface area contributed by atoms with Crippen molar-refractivity contribution < 1.29 is 4.39 Å². The number of rotatable bonds is 4. The maximum absolute atomic E-state index is 12.5. The lowest BCUT2D eigenvalue weighted by atomic mass is 9.63. The number of allylic oxidation sites excluding steroid dienone is 1. The Kier molecular flexibility index (Phi) is 5.81. The first-order valence-corrected chi connectivity index (χ1v) is 11.1. The minimum absolute atomic E-state index is 0.498. The largest absolute Gasteiger partial charge is 0.216 e. The molecule has 26 heavy (non-hydrogen) atoms. The van der Waals surface area contributed by atoms with E-state index in [4.69, 9.17) is 0 Å². The molecule has 0 heterocycles. The summed E-state index contributed by atoms with van der Waals surface area (Å²) in [5.74, 6) is 3.90. The van der Waals surface area contributed by atoms with Gasteiger partial charge in [-0.15, -0.1) is 0 Å². The topological polar surface area (TPSA) is 0 Å². The molecule has 0 N–H and O–H groups in total. The lowest BCUT2D eigenvalue weighted by molar-refractivity contribution is 0.133. The Hall–Kier alpha value is -1.11. The van der Waals surface area contributed by atoms with E-state index in [2.05, 4.69) is 25.1 Å². The van der Waals surface area contributed by atoms with Crippen LogP contribution in [-0.2, 0) is 12.8 Å². The first-order chi connectivity index (χ1) is 12.8. The van der Waals surface area contributed by atoms with E-state index in [-0.39, 0.29) is 0 Å². The Morgan fingerprint density at radius 2 is 1.85 bits per heavy atom. The first-order valence-electron chi connectivity index (χ1n) is 11.1. The molecule has 0 nitrogen and oxygen atoms in total. The monoisotopic (exact) mass is 354 g/mol. The maximum atomic E-state index is 12.5. The molecular formula is C25H35F. The van der Waals surface area contributed by atoms with Crippen LogP contribution in [0.2, 0.25) is 0 Å². The van der Waals surface area contributed by atoms with Crippen LogP contribution in [0.1, 0.15) is 87.3 Å². The van der Waals surface area contributed by atoms with E-state index in [1.54, 1.807) is 22.8 Å². The molecule has 1 heteroatoms. The highest BCUT2D eigenvalue weighted by Crippen LogP contribution is 2.48. The standard InChI is InChI=1S/C25H35F/c1-2-3-18-4-6-22-16-24(10-8-20(22)14-18)25-11-9-21-15-19(12-13-26)5-7-23(21)17-25/h8,10,12-13,16,18-19,21,23,25H,2-7,9,11,14-15,17H2,1H3/b13-12+. The predicted octanol–water partition coefficient (Wildman–Crippen LogP) is 7.37. The SMILES string of the molecule is CCCC1CCc2cc(C3CCC4CC(/C=C/F)CCC4C3)ccc2C1. The highest BCUT2D eigenvalue weighted by atomic mass is 19.1. The van der Waals surface area contributed by atoms with Gasteiger partial charge >= 0.3 is 0 Å². The molecule has 3 aliphatic carbocycles. The normalized spacial score (nSPS) is 34.5. The molecule has 3 aliphatic rings. The van der Waals surface area contributed by atoms with Crippen molar-refractivity contribution in [2.24, 2.45) is 23.7 Å². The van der Waals surface area contributed by atoms with Crippen LogP contribution >= 0.6 is 0 Å². The molecule has 1 aromatic carbocycles. The number of benzene rings is 1. The van der Waals surface area contributed by atoms with Gasteiger partial charge in [-0.05, 0) is 104 Å². The van der Waals surface area contributed by atoms with Crippen LogP contribution in [0.3, 0.4) is 0 Å². The zero-order chi connectivity index (χ0) is 17.9. The van der Waals surface area contributed by atoms with E-state index in [0.29, 0.717) is 5.92 Å². The summed E-state index contributed by atoms with van der Waals surface area (Å²) in [5, 5.41) is 0. The average Bonchev–Trinajstić information content (AvgIpc) is 2.68. The molecule has 0 aliphatic heterocycles. The molecule has 5 atom stereocenters. The van der Waals surface area contributed by atoms with Gasteiger partial charge in [-0.3, -0.25) is 0 Å². The molecule has 0 aromatic heterocycles. The summed E-state index contributed by atoms with van der Waals surface area (Å²) in [4.78, 5) is 0. The molecule has 0 amide bonds. The second kappa shape index (κ2) is 8.28. The molecule has 0 bridgehead atoms. The summed E-state index contributed by atoms with van der Waals surface area (Å²) in [6, 6.07) is 7.48. The fourth-order valence-electron chi connectivity index (χ4n) is 6.26. The van der Waals surface area contributed by atoms with Gasteiger partial charge in [0.05, 0.1) is 6.33 Å². The summed E-state index contributed by atoms with van der Waals surface area (Å²) in [6.07, 6.45) is 17.1. The van der Waals surface area contributed by atoms with Crippen LogP contribution in [0, 0.1) is 23.7 Å². The lowest BCUT2D eigenvalue weighted by Gasteiger charge is -2.42. The molecule has 2 fully saturated rings. The molecular weight excluding hydrogens is 319 g/mol. The van der Waals surface area contributed by atoms with Gasteiger partial charge < -0.3 is 0 Å². The fraction of sp³-hybridized carbons (Fsp3) is 0.680. The number of hydrogen-bond acceptors (Lipinski definition) is 0. The fourth-order valence-corrected chi connectivity index (χ4v) is 6.26. The second-order valence-corrected chi connectivity index (χ2v) is 9.35. The number of hydrogen-bond donors (Lipinski definition) is 0. The number of halogens is 1. The van der Waals surface area contributed by atoms with Crippen LogP contribution in [0.25, 0.3) is 0 Å². The van der Waals surface area contributed by atoms with Gasteiger partial charge in [0, 0.05) is 0 Å². The van der Waals surface area contributed by atoms with Gasteiger partial charge in [0.1, 0.15) is 0 Å². The van der Waals surface area contributed by atoms with Crippen molar-refractivity contribution in [2.45, 2.75) is 83.5 Å². The van der Waals surface area contributed by atoms with E-state index in [0.717, 1.165) is 30.0 Å². The minimum atomic E-state index is 0.498. The first kappa shape index (κ1) is 18.3. The summed E-state index contributed by atoms with van der Waals surface area (Å²) in [6.45, 7) is 2.32. The third-order valence-corrected chi connectivity index (χ3v) is 7.73. The smallest absolute Gasteiger partial charge is 0.0829 e. The predicted molar refractivity (Wildman–Crippen MR) is 108 cm³/mol. The van der Waals surface area contributed by atoms with Crippen molar-refractivity contribution in [3.8, 4) is 0 Å². The van der Waals surface area contributed by atoms with Crippen molar-refractivity contribution >= 4 is 0 Å². The van der Waals surface area contributed by atoms with Crippen molar-refractivity contribution in [3.05, 3.63) is 47.3 Å². The van der Waals surface area contributed by atoms with E-state index >= 15 is 0 Å². The van der Waals surface area contributed by atoms with Crippen LogP contribution in [-0.4, -0.2) is 0 Å². The molecule has 0 saturated heterocycles. The second-order valence-electron chi connectivity index (χ2n) is 9.35. The number of fused-ring (bicyclic) bond motifs is 2. The van der Waals surface area contributed by atoms with E-state index in [1.165, 1.54) is 70.6 Å². The van der Waals surface area contributed by atoms with Gasteiger partial charge in [-0.2, -0.15) is 0 Å². The molecule has 5 unspecified atom stereocenters. The summed E-state index contributed by atoms with van der Waals surface area (Å²) < 4.78 is 12.5. The van der Waals surface area contributed by atoms with Gasteiger partial charge in [0.25, 0.3) is 0 Å². The molecule has 4 rings (SSSR count). The Morgan fingerprint density at radius 3 is 2.69 bits per heavy atom. The average molecular weight is 355 g/mol. The third-order valence-electron chi connectivity index (χ3n) is 7.73. The number of aryl methyl sites for hydroxylation is 1. The van der Waals surface area contributed by atoms with Crippen molar-refractivity contribution in [3.63, 3.8) is 0 Å². The van der Waals surface area contributed by atoms with Crippen molar-refractivity contribution in [1.29, 1.82) is 0 Å². The van der Waals surface area contributed by atoms with Gasteiger partial charge in [-0.25, -0.2) is 4.39 Å². The Bertz CT molecular complexity index is 631. The zero-order valence-corrected chi connectivity index (χ0v) is 16.4. The Labute approximate surface area is 159 Å². The van der Waals surface area contributed by atoms with Crippen molar-refractivity contribution in [2.75, 3.05) is 0 Å². The molecule has 142 valence electrons. The molecule has 1 aromatic rings. The summed E-state index contributed by atoms with van der Waals surface area (Å²) in [5.41, 5.74) is 4.89. The highest BCUT2D eigenvalue weighted by Gasteiger charge is 2.35. The summed E-state index contributed by atoms with van der Waals surface area (Å²) in [7, 11) is 0. The Balaban J connectivity index is 1.40. The van der Waals surface area contributed by atoms with Crippen LogP contribution < -0.4 is 0 Å².